The van der Waals surface area contributed by atoms with Gasteiger partial charge in [-0.3, -0.25) is 4.79 Å². The van der Waals surface area contributed by atoms with E-state index in [-0.39, 0.29) is 5.91 Å². The topological polar surface area (TPSA) is 43.1 Å². The molecule has 1 aromatic rings. The Morgan fingerprint density at radius 1 is 1.29 bits per heavy atom. The zero-order valence-corrected chi connectivity index (χ0v) is 9.22. The van der Waals surface area contributed by atoms with Gasteiger partial charge in [-0.1, -0.05) is 23.8 Å². The summed E-state index contributed by atoms with van der Waals surface area (Å²) in [6.45, 7) is 7.75. The summed E-state index contributed by atoms with van der Waals surface area (Å²) in [5.41, 5.74) is 8.11. The Morgan fingerprint density at radius 3 is 2.29 bits per heavy atom. The molecule has 14 heavy (non-hydrogen) atoms. The molecule has 0 saturated heterocycles. The van der Waals surface area contributed by atoms with Crippen LogP contribution in [0.4, 0.5) is 0 Å². The molecule has 0 spiro atoms. The molecule has 1 aromatic carbocycles. The van der Waals surface area contributed by atoms with Crippen molar-refractivity contribution in [1.29, 1.82) is 0 Å². The number of aryl methyl sites for hydroxylation is 2. The molecule has 76 valence electrons. The molecule has 0 bridgehead atoms. The lowest BCUT2D eigenvalue weighted by Crippen LogP contribution is -2.36. The van der Waals surface area contributed by atoms with E-state index in [1.54, 1.807) is 0 Å². The Bertz CT molecular complexity index is 367. The summed E-state index contributed by atoms with van der Waals surface area (Å²) in [5.74, 6) is -0.288. The van der Waals surface area contributed by atoms with Gasteiger partial charge in [-0.2, -0.15) is 0 Å². The van der Waals surface area contributed by atoms with Gasteiger partial charge in [0, 0.05) is 0 Å². The molecule has 2 nitrogen and oxygen atoms in total. The summed E-state index contributed by atoms with van der Waals surface area (Å²) in [6.07, 6.45) is 0. The van der Waals surface area contributed by atoms with Crippen molar-refractivity contribution >= 4 is 5.91 Å². The van der Waals surface area contributed by atoms with E-state index in [1.807, 2.05) is 39.8 Å². The van der Waals surface area contributed by atoms with Gasteiger partial charge < -0.3 is 5.73 Å². The van der Waals surface area contributed by atoms with E-state index < -0.39 is 5.41 Å². The summed E-state index contributed by atoms with van der Waals surface area (Å²) in [7, 11) is 0. The minimum atomic E-state index is -0.586. The molecule has 0 aromatic heterocycles. The molecule has 0 heterocycles. The van der Waals surface area contributed by atoms with Crippen LogP contribution >= 0.6 is 0 Å². The van der Waals surface area contributed by atoms with E-state index in [1.165, 1.54) is 5.56 Å². The number of rotatable bonds is 2. The van der Waals surface area contributed by atoms with E-state index in [0.29, 0.717) is 0 Å². The second kappa shape index (κ2) is 3.45. The van der Waals surface area contributed by atoms with Crippen LogP contribution in [0, 0.1) is 13.8 Å². The first kappa shape index (κ1) is 10.8. The number of amides is 1. The second-order valence-electron chi connectivity index (χ2n) is 4.31. The number of nitrogens with two attached hydrogens (primary N) is 1. The molecule has 0 aliphatic rings. The van der Waals surface area contributed by atoms with Crippen LogP contribution in [0.3, 0.4) is 0 Å². The molecule has 1 amide bonds. The van der Waals surface area contributed by atoms with Crippen molar-refractivity contribution in [3.8, 4) is 0 Å². The molecule has 0 unspecified atom stereocenters. The lowest BCUT2D eigenvalue weighted by Gasteiger charge is -2.23. The minimum absolute atomic E-state index is 0.288. The number of hydrogen-bond donors (Lipinski definition) is 1. The van der Waals surface area contributed by atoms with Crippen molar-refractivity contribution in [2.75, 3.05) is 0 Å². The molecule has 0 fully saturated rings. The summed E-state index contributed by atoms with van der Waals surface area (Å²) >= 11 is 0. The predicted molar refractivity (Wildman–Crippen MR) is 58.1 cm³/mol. The summed E-state index contributed by atoms with van der Waals surface area (Å²) in [5, 5.41) is 0. The number of hydrogen-bond acceptors (Lipinski definition) is 1. The van der Waals surface area contributed by atoms with E-state index in [0.717, 1.165) is 11.1 Å². The minimum Gasteiger partial charge on any atom is -0.369 e. The van der Waals surface area contributed by atoms with Crippen molar-refractivity contribution < 1.29 is 4.79 Å². The molecular formula is C12H17NO. The monoisotopic (exact) mass is 191 g/mol. The van der Waals surface area contributed by atoms with Gasteiger partial charge in [0.25, 0.3) is 0 Å². The van der Waals surface area contributed by atoms with Gasteiger partial charge in [0.2, 0.25) is 5.91 Å². The SMILES string of the molecule is Cc1ccc(C(C)(C)C(N)=O)c(C)c1. The summed E-state index contributed by atoms with van der Waals surface area (Å²) in [4.78, 5) is 11.3. The first-order chi connectivity index (χ1) is 6.35. The first-order valence-electron chi connectivity index (χ1n) is 4.73. The Kier molecular flexibility index (Phi) is 2.65. The van der Waals surface area contributed by atoms with Gasteiger partial charge >= 0.3 is 0 Å². The Hall–Kier alpha value is -1.31. The van der Waals surface area contributed by atoms with Crippen LogP contribution in [0.25, 0.3) is 0 Å². The van der Waals surface area contributed by atoms with E-state index >= 15 is 0 Å². The highest BCUT2D eigenvalue weighted by Gasteiger charge is 2.28. The Labute approximate surface area is 85.1 Å². The fourth-order valence-corrected chi connectivity index (χ4v) is 1.65. The molecule has 0 radical (unpaired) electrons. The highest BCUT2D eigenvalue weighted by atomic mass is 16.1. The van der Waals surface area contributed by atoms with Gasteiger partial charge in [-0.05, 0) is 38.8 Å². The van der Waals surface area contributed by atoms with E-state index in [9.17, 15) is 4.79 Å². The van der Waals surface area contributed by atoms with E-state index in [4.69, 9.17) is 5.73 Å². The molecule has 2 heteroatoms. The zero-order chi connectivity index (χ0) is 10.9. The first-order valence-corrected chi connectivity index (χ1v) is 4.73. The number of carbonyl (C=O) groups is 1. The maximum atomic E-state index is 11.3. The highest BCUT2D eigenvalue weighted by molar-refractivity contribution is 5.86. The van der Waals surface area contributed by atoms with Crippen molar-refractivity contribution in [2.24, 2.45) is 5.73 Å². The van der Waals surface area contributed by atoms with Gasteiger partial charge in [0.1, 0.15) is 0 Å². The van der Waals surface area contributed by atoms with Gasteiger partial charge in [-0.15, -0.1) is 0 Å². The van der Waals surface area contributed by atoms with Crippen LogP contribution in [0.2, 0.25) is 0 Å². The molecule has 1 rings (SSSR count). The zero-order valence-electron chi connectivity index (χ0n) is 9.22. The third kappa shape index (κ3) is 1.79. The lowest BCUT2D eigenvalue weighted by molar-refractivity contribution is -0.122. The molecule has 2 N–H and O–H groups in total. The average molecular weight is 191 g/mol. The number of benzene rings is 1. The largest absolute Gasteiger partial charge is 0.369 e. The molecular weight excluding hydrogens is 174 g/mol. The van der Waals surface area contributed by atoms with Crippen LogP contribution in [-0.2, 0) is 10.2 Å². The van der Waals surface area contributed by atoms with Crippen LogP contribution < -0.4 is 5.73 Å². The fraction of sp³-hybridized carbons (Fsp3) is 0.417. The molecule has 0 aliphatic heterocycles. The number of primary amides is 1. The standard InChI is InChI=1S/C12H17NO/c1-8-5-6-10(9(2)7-8)12(3,4)11(13)14/h5-7H,1-4H3,(H2,13,14). The van der Waals surface area contributed by atoms with Crippen molar-refractivity contribution in [1.82, 2.24) is 0 Å². The maximum Gasteiger partial charge on any atom is 0.227 e. The van der Waals surface area contributed by atoms with Crippen LogP contribution in [0.5, 0.6) is 0 Å². The van der Waals surface area contributed by atoms with Crippen LogP contribution in [-0.4, -0.2) is 5.91 Å². The Balaban J connectivity index is 3.26. The lowest BCUT2D eigenvalue weighted by atomic mass is 9.81. The smallest absolute Gasteiger partial charge is 0.227 e. The number of carbonyl (C=O) groups excluding carboxylic acids is 1. The normalized spacial score (nSPS) is 11.4. The fourth-order valence-electron chi connectivity index (χ4n) is 1.65. The van der Waals surface area contributed by atoms with Crippen molar-refractivity contribution in [3.63, 3.8) is 0 Å². The average Bonchev–Trinajstić information content (AvgIpc) is 2.02. The predicted octanol–water partition coefficient (Wildman–Crippen LogP) is 2.07. The van der Waals surface area contributed by atoms with Gasteiger partial charge in [0.05, 0.1) is 5.41 Å². The van der Waals surface area contributed by atoms with Crippen molar-refractivity contribution in [3.05, 3.63) is 34.9 Å². The van der Waals surface area contributed by atoms with Gasteiger partial charge in [0.15, 0.2) is 0 Å². The van der Waals surface area contributed by atoms with Crippen molar-refractivity contribution in [2.45, 2.75) is 33.1 Å². The summed E-state index contributed by atoms with van der Waals surface area (Å²) < 4.78 is 0. The quantitative estimate of drug-likeness (QED) is 0.764. The molecule has 0 aliphatic carbocycles. The second-order valence-corrected chi connectivity index (χ2v) is 4.31. The van der Waals surface area contributed by atoms with Gasteiger partial charge in [-0.25, -0.2) is 0 Å². The maximum absolute atomic E-state index is 11.3. The van der Waals surface area contributed by atoms with E-state index in [2.05, 4.69) is 6.07 Å². The third-order valence-electron chi connectivity index (χ3n) is 2.67. The molecule has 0 atom stereocenters. The van der Waals surface area contributed by atoms with Crippen LogP contribution in [0.15, 0.2) is 18.2 Å². The Morgan fingerprint density at radius 2 is 1.86 bits per heavy atom. The summed E-state index contributed by atoms with van der Waals surface area (Å²) in [6, 6.07) is 6.06. The molecule has 0 saturated carbocycles. The third-order valence-corrected chi connectivity index (χ3v) is 2.67. The van der Waals surface area contributed by atoms with Crippen LogP contribution in [0.1, 0.15) is 30.5 Å². The highest BCUT2D eigenvalue weighted by Crippen LogP contribution is 2.26.